The highest BCUT2D eigenvalue weighted by Gasteiger charge is 2.33. The highest BCUT2D eigenvalue weighted by atomic mass is 16.1. The molecule has 0 radical (unpaired) electrons. The number of hydrogen-bond donors (Lipinski definition) is 0. The van der Waals surface area contributed by atoms with Gasteiger partial charge in [-0.05, 0) is 24.0 Å². The summed E-state index contributed by atoms with van der Waals surface area (Å²) in [6, 6.07) is 10.8. The minimum Gasteiger partial charge on any atom is -0.297 e. The average Bonchev–Trinajstić information content (AvgIpc) is 2.40. The standard InChI is InChI=1S/C16H17NO/c18-15-11-17(12-15)16(13-7-3-1-4-8-13)14-9-5-2-6-10-14/h1-5,7-9,16H,6,10-12H2. The molecule has 0 bridgehead atoms. The Bertz CT molecular complexity index is 493. The van der Waals surface area contributed by atoms with Gasteiger partial charge in [0.2, 0.25) is 0 Å². The number of nitrogens with zero attached hydrogens (tertiary/aromatic N) is 1. The Morgan fingerprint density at radius 2 is 1.89 bits per heavy atom. The van der Waals surface area contributed by atoms with E-state index in [1.54, 1.807) is 0 Å². The topological polar surface area (TPSA) is 20.3 Å². The molecule has 2 aliphatic rings. The third kappa shape index (κ3) is 2.16. The lowest BCUT2D eigenvalue weighted by Crippen LogP contribution is -2.49. The molecule has 1 unspecified atom stereocenters. The first-order valence-corrected chi connectivity index (χ1v) is 6.51. The summed E-state index contributed by atoms with van der Waals surface area (Å²) in [6.07, 6.45) is 8.75. The normalized spacial score (nSPS) is 21.3. The van der Waals surface area contributed by atoms with Crippen LogP contribution in [0.1, 0.15) is 24.4 Å². The van der Waals surface area contributed by atoms with Crippen molar-refractivity contribution in [3.8, 4) is 0 Å². The lowest BCUT2D eigenvalue weighted by Gasteiger charge is -2.39. The third-order valence-corrected chi connectivity index (χ3v) is 3.64. The van der Waals surface area contributed by atoms with Crippen molar-refractivity contribution >= 4 is 5.78 Å². The Labute approximate surface area is 108 Å². The van der Waals surface area contributed by atoms with E-state index in [1.807, 2.05) is 6.07 Å². The summed E-state index contributed by atoms with van der Waals surface area (Å²) in [6.45, 7) is 1.20. The lowest BCUT2D eigenvalue weighted by molar-refractivity contribution is -0.130. The number of likely N-dealkylation sites (tertiary alicyclic amines) is 1. The summed E-state index contributed by atoms with van der Waals surface area (Å²) in [5, 5.41) is 0. The van der Waals surface area contributed by atoms with Crippen LogP contribution in [0.15, 0.2) is 54.1 Å². The maximum absolute atomic E-state index is 11.3. The second kappa shape index (κ2) is 4.91. The molecule has 2 heteroatoms. The first-order valence-electron chi connectivity index (χ1n) is 6.51. The minimum atomic E-state index is 0.286. The number of carbonyl (C=O) groups excluding carboxylic acids is 1. The van der Waals surface area contributed by atoms with Crippen molar-refractivity contribution in [3.63, 3.8) is 0 Å². The summed E-state index contributed by atoms with van der Waals surface area (Å²) in [5.74, 6) is 0.350. The SMILES string of the molecule is O=C1CN(C(C2=CC=CCC2)c2ccccc2)C1. The van der Waals surface area contributed by atoms with Crippen LogP contribution in [-0.2, 0) is 4.79 Å². The minimum absolute atomic E-state index is 0.286. The van der Waals surface area contributed by atoms with E-state index in [0.717, 1.165) is 12.8 Å². The molecule has 2 nitrogen and oxygen atoms in total. The molecule has 1 aliphatic carbocycles. The third-order valence-electron chi connectivity index (χ3n) is 3.64. The van der Waals surface area contributed by atoms with E-state index in [-0.39, 0.29) is 6.04 Å². The highest BCUT2D eigenvalue weighted by molar-refractivity contribution is 5.88. The van der Waals surface area contributed by atoms with Crippen LogP contribution in [0.25, 0.3) is 0 Å². The van der Waals surface area contributed by atoms with Crippen LogP contribution >= 0.6 is 0 Å². The van der Waals surface area contributed by atoms with Crippen LogP contribution in [-0.4, -0.2) is 23.8 Å². The smallest absolute Gasteiger partial charge is 0.160 e. The average molecular weight is 239 g/mol. The van der Waals surface area contributed by atoms with Gasteiger partial charge < -0.3 is 0 Å². The molecule has 0 saturated carbocycles. The highest BCUT2D eigenvalue weighted by Crippen LogP contribution is 2.34. The summed E-state index contributed by atoms with van der Waals surface area (Å²) < 4.78 is 0. The van der Waals surface area contributed by atoms with Crippen LogP contribution in [0.3, 0.4) is 0 Å². The zero-order chi connectivity index (χ0) is 12.4. The molecule has 1 atom stereocenters. The summed E-state index contributed by atoms with van der Waals surface area (Å²) in [4.78, 5) is 13.5. The largest absolute Gasteiger partial charge is 0.297 e. The molecule has 1 saturated heterocycles. The van der Waals surface area contributed by atoms with Gasteiger partial charge in [0, 0.05) is 0 Å². The zero-order valence-electron chi connectivity index (χ0n) is 10.4. The number of benzene rings is 1. The number of ketones is 1. The first kappa shape index (κ1) is 11.4. The molecule has 3 rings (SSSR count). The predicted octanol–water partition coefficient (Wildman–Crippen LogP) is 2.89. The first-order chi connectivity index (χ1) is 8.84. The zero-order valence-corrected chi connectivity index (χ0v) is 10.4. The van der Waals surface area contributed by atoms with Crippen LogP contribution < -0.4 is 0 Å². The van der Waals surface area contributed by atoms with E-state index in [2.05, 4.69) is 47.4 Å². The molecule has 0 aromatic heterocycles. The van der Waals surface area contributed by atoms with Crippen molar-refractivity contribution in [1.82, 2.24) is 4.90 Å². The number of allylic oxidation sites excluding steroid dienone is 3. The molecule has 0 N–H and O–H groups in total. The molecule has 1 aliphatic heterocycles. The monoisotopic (exact) mass is 239 g/mol. The van der Waals surface area contributed by atoms with Crippen LogP contribution in [0, 0.1) is 0 Å². The van der Waals surface area contributed by atoms with E-state index in [9.17, 15) is 4.79 Å². The summed E-state index contributed by atoms with van der Waals surface area (Å²) in [5.41, 5.74) is 2.72. The van der Waals surface area contributed by atoms with Crippen LogP contribution in [0.2, 0.25) is 0 Å². The fourth-order valence-corrected chi connectivity index (χ4v) is 2.73. The van der Waals surface area contributed by atoms with Gasteiger partial charge in [0.05, 0.1) is 19.1 Å². The van der Waals surface area contributed by atoms with E-state index >= 15 is 0 Å². The van der Waals surface area contributed by atoms with Crippen molar-refractivity contribution in [2.45, 2.75) is 18.9 Å². The maximum atomic E-state index is 11.3. The lowest BCUT2D eigenvalue weighted by atomic mass is 9.89. The molecule has 92 valence electrons. The van der Waals surface area contributed by atoms with Crippen molar-refractivity contribution in [1.29, 1.82) is 0 Å². The van der Waals surface area contributed by atoms with Gasteiger partial charge in [-0.25, -0.2) is 0 Å². The Morgan fingerprint density at radius 3 is 2.50 bits per heavy atom. The van der Waals surface area contributed by atoms with Gasteiger partial charge in [0.1, 0.15) is 0 Å². The van der Waals surface area contributed by atoms with Gasteiger partial charge in [0.15, 0.2) is 5.78 Å². The number of hydrogen-bond acceptors (Lipinski definition) is 2. The Kier molecular flexibility index (Phi) is 3.11. The fourth-order valence-electron chi connectivity index (χ4n) is 2.73. The summed E-state index contributed by atoms with van der Waals surface area (Å²) in [7, 11) is 0. The number of carbonyl (C=O) groups is 1. The van der Waals surface area contributed by atoms with Gasteiger partial charge in [0.25, 0.3) is 0 Å². The summed E-state index contributed by atoms with van der Waals surface area (Å²) >= 11 is 0. The second-order valence-corrected chi connectivity index (χ2v) is 4.97. The Balaban J connectivity index is 1.91. The molecule has 0 spiro atoms. The molecule has 0 amide bonds. The maximum Gasteiger partial charge on any atom is 0.160 e. The van der Waals surface area contributed by atoms with Gasteiger partial charge in [-0.15, -0.1) is 0 Å². The predicted molar refractivity (Wildman–Crippen MR) is 72.2 cm³/mol. The van der Waals surface area contributed by atoms with Gasteiger partial charge in [-0.3, -0.25) is 9.69 Å². The van der Waals surface area contributed by atoms with Crippen molar-refractivity contribution in [3.05, 3.63) is 59.7 Å². The van der Waals surface area contributed by atoms with Gasteiger partial charge >= 0.3 is 0 Å². The second-order valence-electron chi connectivity index (χ2n) is 4.97. The quantitative estimate of drug-likeness (QED) is 0.808. The van der Waals surface area contributed by atoms with Crippen molar-refractivity contribution in [2.24, 2.45) is 0 Å². The van der Waals surface area contributed by atoms with E-state index < -0.39 is 0 Å². The molecule has 1 aromatic rings. The molecular formula is C16H17NO. The number of rotatable bonds is 3. The molecule has 18 heavy (non-hydrogen) atoms. The molecule has 1 heterocycles. The van der Waals surface area contributed by atoms with Gasteiger partial charge in [-0.1, -0.05) is 48.6 Å². The van der Waals surface area contributed by atoms with Crippen LogP contribution in [0.5, 0.6) is 0 Å². The van der Waals surface area contributed by atoms with Crippen molar-refractivity contribution < 1.29 is 4.79 Å². The van der Waals surface area contributed by atoms with Crippen molar-refractivity contribution in [2.75, 3.05) is 13.1 Å². The van der Waals surface area contributed by atoms with E-state index in [0.29, 0.717) is 18.9 Å². The molecule has 1 aromatic carbocycles. The van der Waals surface area contributed by atoms with E-state index in [4.69, 9.17) is 0 Å². The fraction of sp³-hybridized carbons (Fsp3) is 0.312. The van der Waals surface area contributed by atoms with E-state index in [1.165, 1.54) is 11.1 Å². The van der Waals surface area contributed by atoms with Crippen LogP contribution in [0.4, 0.5) is 0 Å². The number of Topliss-reactive ketones (excluding diaryl/α,β-unsaturated/α-hetero) is 1. The molecule has 1 fully saturated rings. The Hall–Kier alpha value is -1.67. The molecular weight excluding hydrogens is 222 g/mol. The van der Waals surface area contributed by atoms with Gasteiger partial charge in [-0.2, -0.15) is 0 Å². The Morgan fingerprint density at radius 1 is 1.11 bits per heavy atom.